The van der Waals surface area contributed by atoms with E-state index in [-0.39, 0.29) is 5.54 Å². The molecule has 0 spiro atoms. The lowest BCUT2D eigenvalue weighted by molar-refractivity contribution is 0.200. The van der Waals surface area contributed by atoms with Crippen molar-refractivity contribution in [3.63, 3.8) is 0 Å². The molecule has 2 rings (SSSR count). The minimum atomic E-state index is 0.247. The van der Waals surface area contributed by atoms with E-state index < -0.39 is 0 Å². The van der Waals surface area contributed by atoms with Gasteiger partial charge in [0, 0.05) is 5.54 Å². The van der Waals surface area contributed by atoms with Gasteiger partial charge in [-0.15, -0.1) is 0 Å². The molecule has 1 saturated carbocycles. The van der Waals surface area contributed by atoms with Crippen LogP contribution < -0.4 is 11.1 Å². The SMILES string of the molecule is NC1(CC2CCNC2)CCC1. The summed E-state index contributed by atoms with van der Waals surface area (Å²) < 4.78 is 0. The zero-order chi connectivity index (χ0) is 7.73. The van der Waals surface area contributed by atoms with Gasteiger partial charge in [-0.3, -0.25) is 0 Å². The van der Waals surface area contributed by atoms with Gasteiger partial charge in [-0.05, 0) is 51.1 Å². The van der Waals surface area contributed by atoms with Crippen molar-refractivity contribution in [3.05, 3.63) is 0 Å². The van der Waals surface area contributed by atoms with Crippen LogP contribution in [-0.4, -0.2) is 18.6 Å². The Kier molecular flexibility index (Phi) is 1.90. The Morgan fingerprint density at radius 1 is 1.45 bits per heavy atom. The van der Waals surface area contributed by atoms with Crippen molar-refractivity contribution >= 4 is 0 Å². The van der Waals surface area contributed by atoms with Crippen molar-refractivity contribution in [2.24, 2.45) is 11.7 Å². The molecule has 0 amide bonds. The van der Waals surface area contributed by atoms with Crippen LogP contribution in [-0.2, 0) is 0 Å². The van der Waals surface area contributed by atoms with Crippen molar-refractivity contribution in [3.8, 4) is 0 Å². The molecule has 1 saturated heterocycles. The van der Waals surface area contributed by atoms with Gasteiger partial charge in [0.05, 0.1) is 0 Å². The summed E-state index contributed by atoms with van der Waals surface area (Å²) in [7, 11) is 0. The molecule has 64 valence electrons. The van der Waals surface area contributed by atoms with Crippen LogP contribution in [0.25, 0.3) is 0 Å². The average molecular weight is 154 g/mol. The van der Waals surface area contributed by atoms with Gasteiger partial charge in [0.15, 0.2) is 0 Å². The summed E-state index contributed by atoms with van der Waals surface area (Å²) in [5, 5.41) is 3.39. The third-order valence-corrected chi connectivity index (χ3v) is 3.21. The molecule has 1 unspecified atom stereocenters. The highest BCUT2D eigenvalue weighted by atomic mass is 14.9. The standard InChI is InChI=1S/C9H18N2/c10-9(3-1-4-9)6-8-2-5-11-7-8/h8,11H,1-7,10H2. The van der Waals surface area contributed by atoms with Crippen LogP contribution in [0, 0.1) is 5.92 Å². The van der Waals surface area contributed by atoms with Crippen molar-refractivity contribution in [1.29, 1.82) is 0 Å². The Labute approximate surface area is 68.5 Å². The molecule has 3 N–H and O–H groups in total. The van der Waals surface area contributed by atoms with E-state index in [1.54, 1.807) is 0 Å². The molecule has 2 heteroatoms. The first-order chi connectivity index (χ1) is 5.29. The summed E-state index contributed by atoms with van der Waals surface area (Å²) in [4.78, 5) is 0. The van der Waals surface area contributed by atoms with Crippen molar-refractivity contribution in [2.75, 3.05) is 13.1 Å². The van der Waals surface area contributed by atoms with E-state index in [4.69, 9.17) is 5.73 Å². The number of nitrogens with one attached hydrogen (secondary N) is 1. The van der Waals surface area contributed by atoms with Crippen LogP contribution in [0.3, 0.4) is 0 Å². The molecule has 0 aromatic rings. The fourth-order valence-corrected chi connectivity index (χ4v) is 2.30. The fraction of sp³-hybridized carbons (Fsp3) is 1.00. The predicted octanol–water partition coefficient (Wildman–Crippen LogP) is 0.867. The molecule has 0 bridgehead atoms. The van der Waals surface area contributed by atoms with Gasteiger partial charge in [0.2, 0.25) is 0 Å². The smallest absolute Gasteiger partial charge is 0.0157 e. The van der Waals surface area contributed by atoms with E-state index in [2.05, 4.69) is 5.32 Å². The molecule has 2 aliphatic rings. The van der Waals surface area contributed by atoms with Crippen LogP contribution in [0.5, 0.6) is 0 Å². The van der Waals surface area contributed by atoms with Gasteiger partial charge in [-0.25, -0.2) is 0 Å². The number of hydrogen-bond acceptors (Lipinski definition) is 2. The molecule has 1 atom stereocenters. The fourth-order valence-electron chi connectivity index (χ4n) is 2.30. The van der Waals surface area contributed by atoms with Crippen LogP contribution in [0.1, 0.15) is 32.1 Å². The van der Waals surface area contributed by atoms with E-state index in [9.17, 15) is 0 Å². The Bertz CT molecular complexity index is 134. The molecule has 1 heterocycles. The minimum absolute atomic E-state index is 0.247. The molecule has 2 nitrogen and oxygen atoms in total. The zero-order valence-electron chi connectivity index (χ0n) is 7.10. The van der Waals surface area contributed by atoms with E-state index in [0.29, 0.717) is 0 Å². The Morgan fingerprint density at radius 3 is 2.73 bits per heavy atom. The quantitative estimate of drug-likeness (QED) is 0.619. The minimum Gasteiger partial charge on any atom is -0.325 e. The van der Waals surface area contributed by atoms with Crippen molar-refractivity contribution in [2.45, 2.75) is 37.6 Å². The van der Waals surface area contributed by atoms with Gasteiger partial charge in [0.25, 0.3) is 0 Å². The number of nitrogens with two attached hydrogens (primary N) is 1. The number of rotatable bonds is 2. The lowest BCUT2D eigenvalue weighted by atomic mass is 9.72. The number of hydrogen-bond donors (Lipinski definition) is 2. The summed E-state index contributed by atoms with van der Waals surface area (Å²) in [6, 6.07) is 0. The summed E-state index contributed by atoms with van der Waals surface area (Å²) >= 11 is 0. The lowest BCUT2D eigenvalue weighted by Gasteiger charge is -2.40. The molecule has 0 radical (unpaired) electrons. The maximum Gasteiger partial charge on any atom is 0.0157 e. The summed E-state index contributed by atoms with van der Waals surface area (Å²) in [5.74, 6) is 0.875. The molecular formula is C9H18N2. The first kappa shape index (κ1) is 7.56. The monoisotopic (exact) mass is 154 g/mol. The van der Waals surface area contributed by atoms with Crippen molar-refractivity contribution in [1.82, 2.24) is 5.32 Å². The third kappa shape index (κ3) is 1.57. The first-order valence-electron chi connectivity index (χ1n) is 4.78. The Morgan fingerprint density at radius 2 is 2.27 bits per heavy atom. The van der Waals surface area contributed by atoms with Crippen LogP contribution >= 0.6 is 0 Å². The van der Waals surface area contributed by atoms with E-state index in [1.165, 1.54) is 45.2 Å². The average Bonchev–Trinajstić information content (AvgIpc) is 2.36. The second-order valence-electron chi connectivity index (χ2n) is 4.28. The summed E-state index contributed by atoms with van der Waals surface area (Å²) in [5.41, 5.74) is 6.40. The molecule has 1 aliphatic heterocycles. The van der Waals surface area contributed by atoms with E-state index in [0.717, 1.165) is 5.92 Å². The predicted molar refractivity (Wildman–Crippen MR) is 46.4 cm³/mol. The van der Waals surface area contributed by atoms with Gasteiger partial charge < -0.3 is 11.1 Å². The highest BCUT2D eigenvalue weighted by Gasteiger charge is 2.35. The molecule has 0 aromatic heterocycles. The van der Waals surface area contributed by atoms with Crippen LogP contribution in [0.15, 0.2) is 0 Å². The molecular weight excluding hydrogens is 136 g/mol. The lowest BCUT2D eigenvalue weighted by Crippen LogP contribution is -2.48. The van der Waals surface area contributed by atoms with Gasteiger partial charge in [-0.1, -0.05) is 0 Å². The van der Waals surface area contributed by atoms with Gasteiger partial charge >= 0.3 is 0 Å². The Balaban J connectivity index is 1.79. The zero-order valence-corrected chi connectivity index (χ0v) is 7.10. The normalized spacial score (nSPS) is 35.2. The van der Waals surface area contributed by atoms with Crippen molar-refractivity contribution < 1.29 is 0 Å². The summed E-state index contributed by atoms with van der Waals surface area (Å²) in [6.45, 7) is 2.42. The topological polar surface area (TPSA) is 38.0 Å². The van der Waals surface area contributed by atoms with Crippen LogP contribution in [0.2, 0.25) is 0 Å². The van der Waals surface area contributed by atoms with Gasteiger partial charge in [0.1, 0.15) is 0 Å². The van der Waals surface area contributed by atoms with Crippen LogP contribution in [0.4, 0.5) is 0 Å². The first-order valence-corrected chi connectivity index (χ1v) is 4.78. The second kappa shape index (κ2) is 2.76. The highest BCUT2D eigenvalue weighted by Crippen LogP contribution is 2.35. The van der Waals surface area contributed by atoms with E-state index >= 15 is 0 Å². The molecule has 1 aliphatic carbocycles. The third-order valence-electron chi connectivity index (χ3n) is 3.21. The Hall–Kier alpha value is -0.0800. The second-order valence-corrected chi connectivity index (χ2v) is 4.28. The van der Waals surface area contributed by atoms with Gasteiger partial charge in [-0.2, -0.15) is 0 Å². The molecule has 0 aromatic carbocycles. The van der Waals surface area contributed by atoms with E-state index in [1.807, 2.05) is 0 Å². The highest BCUT2D eigenvalue weighted by molar-refractivity contribution is 4.95. The molecule has 11 heavy (non-hydrogen) atoms. The largest absolute Gasteiger partial charge is 0.325 e. The maximum atomic E-state index is 6.15. The molecule has 2 fully saturated rings. The summed E-state index contributed by atoms with van der Waals surface area (Å²) in [6.07, 6.45) is 6.50. The maximum absolute atomic E-state index is 6.15.